The molecule has 2 aliphatic heterocycles. The first kappa shape index (κ1) is 20.2. The van der Waals surface area contributed by atoms with Gasteiger partial charge in [-0.15, -0.1) is 11.8 Å². The lowest BCUT2D eigenvalue weighted by Gasteiger charge is -2.52. The van der Waals surface area contributed by atoms with Crippen molar-refractivity contribution in [3.63, 3.8) is 0 Å². The van der Waals surface area contributed by atoms with Gasteiger partial charge in [-0.2, -0.15) is 0 Å². The minimum absolute atomic E-state index is 0.0730. The molecular weight excluding hydrogens is 372 g/mol. The van der Waals surface area contributed by atoms with E-state index in [2.05, 4.69) is 0 Å². The minimum atomic E-state index is -1.96. The number of rotatable bonds is 5. The summed E-state index contributed by atoms with van der Waals surface area (Å²) in [5.74, 6) is -2.38. The summed E-state index contributed by atoms with van der Waals surface area (Å²) in [4.78, 5) is 39.7. The molecule has 1 saturated carbocycles. The molecule has 0 spiro atoms. The molecule has 0 aromatic rings. The van der Waals surface area contributed by atoms with Gasteiger partial charge in [-0.1, -0.05) is 6.92 Å². The number of thioether (sulfide) groups is 1. The van der Waals surface area contributed by atoms with Crippen LogP contribution in [0, 0.1) is 11.8 Å². The second kappa shape index (κ2) is 6.79. The van der Waals surface area contributed by atoms with Gasteiger partial charge in [0.1, 0.15) is 5.70 Å². The van der Waals surface area contributed by atoms with E-state index in [9.17, 15) is 29.7 Å². The minimum Gasteiger partial charge on any atom is -0.477 e. The zero-order chi connectivity index (χ0) is 20.3. The number of nitrogens with zero attached hydrogens (tertiary/aromatic N) is 2. The Hall–Kier alpha value is -1.58. The van der Waals surface area contributed by atoms with Crippen LogP contribution in [0.4, 0.5) is 0 Å². The van der Waals surface area contributed by atoms with Crippen molar-refractivity contribution in [1.82, 2.24) is 9.80 Å². The van der Waals surface area contributed by atoms with Crippen molar-refractivity contribution in [1.29, 1.82) is 0 Å². The van der Waals surface area contributed by atoms with E-state index in [1.54, 1.807) is 25.9 Å². The Balaban J connectivity index is 1.82. The molecule has 6 atom stereocenters. The molecule has 2 heterocycles. The predicted molar refractivity (Wildman–Crippen MR) is 98.5 cm³/mol. The first-order valence-corrected chi connectivity index (χ1v) is 9.99. The lowest BCUT2D eigenvalue weighted by atomic mass is 9.74. The maximum atomic E-state index is 12.4. The Morgan fingerprint density at radius 2 is 1.96 bits per heavy atom. The normalized spacial score (nSPS) is 36.5. The predicted octanol–water partition coefficient (Wildman–Crippen LogP) is 0.245. The van der Waals surface area contributed by atoms with Gasteiger partial charge < -0.3 is 20.2 Å². The maximum absolute atomic E-state index is 12.4. The average Bonchev–Trinajstić information content (AvgIpc) is 3.15. The monoisotopic (exact) mass is 398 g/mol. The van der Waals surface area contributed by atoms with E-state index < -0.39 is 35.5 Å². The van der Waals surface area contributed by atoms with Crippen LogP contribution in [0.25, 0.3) is 0 Å². The maximum Gasteiger partial charge on any atom is 0.353 e. The van der Waals surface area contributed by atoms with E-state index >= 15 is 0 Å². The van der Waals surface area contributed by atoms with Gasteiger partial charge in [0.2, 0.25) is 5.91 Å². The molecule has 0 aromatic heterocycles. The Bertz CT molecular complexity index is 721. The number of amides is 2. The van der Waals surface area contributed by atoms with E-state index in [1.807, 2.05) is 0 Å². The van der Waals surface area contributed by atoms with Crippen LogP contribution in [-0.4, -0.2) is 80.0 Å². The van der Waals surface area contributed by atoms with Crippen molar-refractivity contribution in [3.8, 4) is 0 Å². The second-order valence-electron chi connectivity index (χ2n) is 7.91. The van der Waals surface area contributed by atoms with Gasteiger partial charge in [0, 0.05) is 36.1 Å². The summed E-state index contributed by atoms with van der Waals surface area (Å²) in [6.07, 6.45) is 0.908. The molecule has 1 aliphatic carbocycles. The van der Waals surface area contributed by atoms with E-state index in [0.29, 0.717) is 11.3 Å². The van der Waals surface area contributed by atoms with Crippen molar-refractivity contribution in [3.05, 3.63) is 10.6 Å². The number of carbonyl (C=O) groups excluding carboxylic acids is 2. The van der Waals surface area contributed by atoms with Crippen molar-refractivity contribution >= 4 is 29.5 Å². The lowest BCUT2D eigenvalue weighted by molar-refractivity contribution is -0.208. The van der Waals surface area contributed by atoms with E-state index in [0.717, 1.165) is 17.7 Å². The number of fused-ring (bicyclic) bond motifs is 1. The summed E-state index contributed by atoms with van der Waals surface area (Å²) in [7, 11) is 3.45. The number of aliphatic hydroxyl groups is 2. The zero-order valence-electron chi connectivity index (χ0n) is 15.9. The third-order valence-electron chi connectivity index (χ3n) is 5.96. The highest BCUT2D eigenvalue weighted by Crippen LogP contribution is 2.54. The van der Waals surface area contributed by atoms with Crippen LogP contribution in [0.3, 0.4) is 0 Å². The van der Waals surface area contributed by atoms with Crippen molar-refractivity contribution in [2.75, 3.05) is 14.1 Å². The molecular formula is C18H26N2O6S. The van der Waals surface area contributed by atoms with Gasteiger partial charge in [-0.25, -0.2) is 4.79 Å². The molecule has 3 rings (SSSR count). The third-order valence-corrected chi connectivity index (χ3v) is 7.54. The van der Waals surface area contributed by atoms with E-state index in [4.69, 9.17) is 0 Å². The molecule has 3 N–H and O–H groups in total. The van der Waals surface area contributed by atoms with E-state index in [1.165, 1.54) is 18.7 Å². The molecule has 27 heavy (non-hydrogen) atoms. The Kier molecular flexibility index (Phi) is 5.07. The number of hydrogen-bond donors (Lipinski definition) is 3. The van der Waals surface area contributed by atoms with Crippen molar-refractivity contribution in [2.24, 2.45) is 11.8 Å². The lowest BCUT2D eigenvalue weighted by Crippen LogP contribution is -2.77. The molecule has 0 aromatic carbocycles. The third kappa shape index (κ3) is 2.87. The summed E-state index contributed by atoms with van der Waals surface area (Å²) in [6, 6.07) is -0.779. The number of carboxylic acid groups (broad SMARTS) is 1. The number of hydrogen-bond acceptors (Lipinski definition) is 6. The molecule has 2 fully saturated rings. The van der Waals surface area contributed by atoms with Crippen LogP contribution in [0.15, 0.2) is 10.6 Å². The molecule has 1 unspecified atom stereocenters. The summed E-state index contributed by atoms with van der Waals surface area (Å²) in [6.45, 7) is 3.11. The topological polar surface area (TPSA) is 118 Å². The molecule has 8 nitrogen and oxygen atoms in total. The quantitative estimate of drug-likeness (QED) is 0.568. The molecule has 0 radical (unpaired) electrons. The molecule has 2 amide bonds. The largest absolute Gasteiger partial charge is 0.477 e. The van der Waals surface area contributed by atoms with Crippen LogP contribution >= 0.6 is 11.8 Å². The van der Waals surface area contributed by atoms with Crippen molar-refractivity contribution in [2.45, 2.75) is 56.1 Å². The SMILES string of the molecule is C[C@H]1C(SC2CC[C@H](C(=O)N(C)C)C2)=C(C(=O)O)N2C(=O)[C@](O)([C@@H](C)O)[C@@H]12. The average molecular weight is 398 g/mol. The number of aliphatic carboxylic acids is 1. The standard InChI is InChI=1S/C18H26N2O6S/c1-8-13(27-11-6-5-10(7-11)15(22)19(3)4)12(16(23)24)20-14(8)18(26,9(2)21)17(20)25/h8-11,14,21,26H,5-7H2,1-4H3,(H,23,24)/t8-,9+,10-,11?,14+,18-/m0/s1. The smallest absolute Gasteiger partial charge is 0.353 e. The van der Waals surface area contributed by atoms with Gasteiger partial charge in [-0.05, 0) is 26.2 Å². The molecule has 150 valence electrons. The Morgan fingerprint density at radius 1 is 1.33 bits per heavy atom. The van der Waals surface area contributed by atoms with Crippen LogP contribution in [0.2, 0.25) is 0 Å². The van der Waals surface area contributed by atoms with Crippen LogP contribution in [0.1, 0.15) is 33.1 Å². The summed E-state index contributed by atoms with van der Waals surface area (Å²) in [5, 5.41) is 30.3. The second-order valence-corrected chi connectivity index (χ2v) is 9.25. The van der Waals surface area contributed by atoms with Crippen LogP contribution < -0.4 is 0 Å². The van der Waals surface area contributed by atoms with Crippen LogP contribution in [-0.2, 0) is 14.4 Å². The molecule has 9 heteroatoms. The van der Waals surface area contributed by atoms with Gasteiger partial charge in [0.25, 0.3) is 5.91 Å². The number of aliphatic hydroxyl groups excluding tert-OH is 1. The molecule has 1 saturated heterocycles. The zero-order valence-corrected chi connectivity index (χ0v) is 16.7. The first-order chi connectivity index (χ1) is 12.5. The summed E-state index contributed by atoms with van der Waals surface area (Å²) >= 11 is 1.40. The number of β-lactam (4-membered cyclic amide) rings is 1. The van der Waals surface area contributed by atoms with Crippen LogP contribution in [0.5, 0.6) is 0 Å². The Morgan fingerprint density at radius 3 is 2.48 bits per heavy atom. The summed E-state index contributed by atoms with van der Waals surface area (Å²) in [5.41, 5.74) is -2.06. The fourth-order valence-corrected chi connectivity index (χ4v) is 6.10. The number of carboxylic acids is 1. The Labute approximate surface area is 162 Å². The van der Waals surface area contributed by atoms with Gasteiger partial charge in [0.05, 0.1) is 12.1 Å². The van der Waals surface area contributed by atoms with Crippen molar-refractivity contribution < 1.29 is 29.7 Å². The molecule has 0 bridgehead atoms. The number of carbonyl (C=O) groups is 3. The van der Waals surface area contributed by atoms with Gasteiger partial charge >= 0.3 is 5.97 Å². The fraction of sp³-hybridized carbons (Fsp3) is 0.722. The highest BCUT2D eigenvalue weighted by atomic mass is 32.2. The van der Waals surface area contributed by atoms with E-state index in [-0.39, 0.29) is 22.8 Å². The van der Waals surface area contributed by atoms with Gasteiger partial charge in [0.15, 0.2) is 5.60 Å². The summed E-state index contributed by atoms with van der Waals surface area (Å²) < 4.78 is 0. The highest BCUT2D eigenvalue weighted by Gasteiger charge is 2.69. The highest BCUT2D eigenvalue weighted by molar-refractivity contribution is 8.03. The molecule has 3 aliphatic rings. The van der Waals surface area contributed by atoms with Gasteiger partial charge in [-0.3, -0.25) is 14.5 Å². The fourth-order valence-electron chi connectivity index (χ4n) is 4.51. The first-order valence-electron chi connectivity index (χ1n) is 9.11.